The zero-order chi connectivity index (χ0) is 13.1. The van der Waals surface area contributed by atoms with E-state index in [2.05, 4.69) is 17.1 Å². The summed E-state index contributed by atoms with van der Waals surface area (Å²) in [5.41, 5.74) is 3.36. The van der Waals surface area contributed by atoms with Gasteiger partial charge in [-0.2, -0.15) is 0 Å². The predicted molar refractivity (Wildman–Crippen MR) is 78.5 cm³/mol. The molecule has 0 atom stereocenters. The van der Waals surface area contributed by atoms with Crippen LogP contribution in [0.4, 0.5) is 0 Å². The van der Waals surface area contributed by atoms with Crippen LogP contribution in [-0.2, 0) is 12.8 Å². The van der Waals surface area contributed by atoms with Crippen LogP contribution in [0.25, 0.3) is 10.9 Å². The van der Waals surface area contributed by atoms with Crippen molar-refractivity contribution in [2.45, 2.75) is 51.4 Å². The highest BCUT2D eigenvalue weighted by Gasteiger charge is 2.14. The average molecular weight is 255 g/mol. The first-order valence-corrected chi connectivity index (χ1v) is 7.46. The van der Waals surface area contributed by atoms with Gasteiger partial charge in [0, 0.05) is 10.9 Å². The van der Waals surface area contributed by atoms with Crippen molar-refractivity contribution < 1.29 is 5.11 Å². The van der Waals surface area contributed by atoms with E-state index >= 15 is 0 Å². The van der Waals surface area contributed by atoms with Gasteiger partial charge in [0.05, 0.1) is 5.52 Å². The first-order valence-electron chi connectivity index (χ1n) is 7.46. The molecule has 0 unspecified atom stereocenters. The minimum Gasteiger partial charge on any atom is -0.493 e. The van der Waals surface area contributed by atoms with Crippen molar-refractivity contribution in [2.75, 3.05) is 0 Å². The second-order valence-electron chi connectivity index (χ2n) is 5.53. The Morgan fingerprint density at radius 2 is 1.42 bits per heavy atom. The lowest BCUT2D eigenvalue weighted by atomic mass is 9.92. The molecular weight excluding hydrogens is 234 g/mol. The predicted octanol–water partition coefficient (Wildman–Crippen LogP) is 4.38. The van der Waals surface area contributed by atoms with Gasteiger partial charge in [-0.3, -0.25) is 0 Å². The van der Waals surface area contributed by atoms with E-state index in [-0.39, 0.29) is 5.88 Å². The lowest BCUT2D eigenvalue weighted by Crippen LogP contribution is -2.01. The minimum atomic E-state index is 0.259. The van der Waals surface area contributed by atoms with Gasteiger partial charge in [-0.1, -0.05) is 43.9 Å². The number of nitrogens with zero attached hydrogens (tertiary/aromatic N) is 1. The molecule has 19 heavy (non-hydrogen) atoms. The van der Waals surface area contributed by atoms with E-state index in [4.69, 9.17) is 0 Å². The molecule has 1 aliphatic carbocycles. The quantitative estimate of drug-likeness (QED) is 0.757. The van der Waals surface area contributed by atoms with E-state index in [0.29, 0.717) is 0 Å². The number of hydrogen-bond acceptors (Lipinski definition) is 2. The van der Waals surface area contributed by atoms with Crippen LogP contribution in [0.2, 0.25) is 0 Å². The van der Waals surface area contributed by atoms with Gasteiger partial charge in [0.25, 0.3) is 0 Å². The third-order valence-electron chi connectivity index (χ3n) is 4.19. The molecule has 1 N–H and O–H groups in total. The Bertz CT molecular complexity index is 577. The average Bonchev–Trinajstić information content (AvgIpc) is 2.44. The topological polar surface area (TPSA) is 33.1 Å². The summed E-state index contributed by atoms with van der Waals surface area (Å²) in [5, 5.41) is 11.5. The van der Waals surface area contributed by atoms with Crippen molar-refractivity contribution >= 4 is 10.9 Å². The van der Waals surface area contributed by atoms with Crippen molar-refractivity contribution in [3.05, 3.63) is 35.4 Å². The Morgan fingerprint density at radius 1 is 0.789 bits per heavy atom. The summed E-state index contributed by atoms with van der Waals surface area (Å²) in [6, 6.07) is 8.20. The minimum absolute atomic E-state index is 0.259. The number of para-hydroxylation sites is 1. The smallest absolute Gasteiger partial charge is 0.214 e. The van der Waals surface area contributed by atoms with Gasteiger partial charge < -0.3 is 5.11 Å². The first-order chi connectivity index (χ1) is 9.36. The summed E-state index contributed by atoms with van der Waals surface area (Å²) >= 11 is 0. The third-order valence-corrected chi connectivity index (χ3v) is 4.19. The van der Waals surface area contributed by atoms with Gasteiger partial charge in [0.2, 0.25) is 5.88 Å². The van der Waals surface area contributed by atoms with E-state index in [1.165, 1.54) is 49.5 Å². The highest BCUT2D eigenvalue weighted by atomic mass is 16.3. The fourth-order valence-corrected chi connectivity index (χ4v) is 3.16. The molecule has 3 rings (SSSR count). The zero-order valence-electron chi connectivity index (χ0n) is 11.4. The molecule has 0 aliphatic heterocycles. The molecular formula is C17H21NO. The van der Waals surface area contributed by atoms with E-state index in [0.717, 1.165) is 23.9 Å². The first kappa shape index (κ1) is 12.5. The number of pyridine rings is 1. The van der Waals surface area contributed by atoms with Crippen molar-refractivity contribution in [3.8, 4) is 5.88 Å². The zero-order valence-corrected chi connectivity index (χ0v) is 11.4. The number of benzene rings is 1. The number of aryl methyl sites for hydroxylation is 1. The van der Waals surface area contributed by atoms with Crippen LogP contribution < -0.4 is 0 Å². The third kappa shape index (κ3) is 2.58. The Labute approximate surface area is 114 Å². The summed E-state index contributed by atoms with van der Waals surface area (Å²) in [5.74, 6) is 0.259. The van der Waals surface area contributed by atoms with Gasteiger partial charge in [-0.25, -0.2) is 4.98 Å². The van der Waals surface area contributed by atoms with Crippen LogP contribution in [0.15, 0.2) is 24.3 Å². The maximum atomic E-state index is 10.2. The van der Waals surface area contributed by atoms with Crippen LogP contribution in [0.5, 0.6) is 5.88 Å². The molecule has 2 heteroatoms. The summed E-state index contributed by atoms with van der Waals surface area (Å²) in [6.07, 6.45) is 9.69. The number of hydrogen-bond donors (Lipinski definition) is 1. The summed E-state index contributed by atoms with van der Waals surface area (Å²) in [4.78, 5) is 4.37. The molecule has 2 nitrogen and oxygen atoms in total. The van der Waals surface area contributed by atoms with Gasteiger partial charge in [-0.05, 0) is 37.3 Å². The SMILES string of the molecule is Oc1nc2ccccc2c2c1CCCCCCCC2. The highest BCUT2D eigenvalue weighted by Crippen LogP contribution is 2.31. The standard InChI is InChI=1S/C17H21NO/c19-17-15-11-6-4-2-1-3-5-9-13(15)14-10-7-8-12-16(14)18-17/h7-8,10,12H,1-6,9,11H2,(H,18,19). The van der Waals surface area contributed by atoms with E-state index in [9.17, 15) is 5.11 Å². The largest absolute Gasteiger partial charge is 0.493 e. The molecule has 1 aromatic carbocycles. The van der Waals surface area contributed by atoms with Gasteiger partial charge in [-0.15, -0.1) is 0 Å². The molecule has 0 saturated carbocycles. The van der Waals surface area contributed by atoms with Crippen LogP contribution in [-0.4, -0.2) is 10.1 Å². The van der Waals surface area contributed by atoms with Crippen molar-refractivity contribution in [1.82, 2.24) is 4.98 Å². The molecule has 0 spiro atoms. The van der Waals surface area contributed by atoms with Crippen LogP contribution in [0, 0.1) is 0 Å². The molecule has 1 aromatic heterocycles. The second-order valence-corrected chi connectivity index (χ2v) is 5.53. The van der Waals surface area contributed by atoms with E-state index in [1.54, 1.807) is 0 Å². The monoisotopic (exact) mass is 255 g/mol. The maximum Gasteiger partial charge on any atom is 0.214 e. The van der Waals surface area contributed by atoms with Crippen molar-refractivity contribution in [2.24, 2.45) is 0 Å². The van der Waals surface area contributed by atoms with E-state index < -0.39 is 0 Å². The lowest BCUT2D eigenvalue weighted by Gasteiger charge is -2.16. The van der Waals surface area contributed by atoms with Crippen LogP contribution in [0.3, 0.4) is 0 Å². The van der Waals surface area contributed by atoms with Gasteiger partial charge in [0.1, 0.15) is 0 Å². The normalized spacial score (nSPS) is 17.1. The Kier molecular flexibility index (Phi) is 3.67. The number of fused-ring (bicyclic) bond motifs is 3. The summed E-state index contributed by atoms with van der Waals surface area (Å²) in [7, 11) is 0. The molecule has 100 valence electrons. The Balaban J connectivity index is 2.11. The second kappa shape index (κ2) is 5.60. The maximum absolute atomic E-state index is 10.2. The fourth-order valence-electron chi connectivity index (χ4n) is 3.16. The molecule has 0 amide bonds. The molecule has 1 aliphatic rings. The van der Waals surface area contributed by atoms with Crippen LogP contribution >= 0.6 is 0 Å². The molecule has 0 saturated heterocycles. The Morgan fingerprint density at radius 3 is 2.21 bits per heavy atom. The van der Waals surface area contributed by atoms with Crippen molar-refractivity contribution in [1.29, 1.82) is 0 Å². The molecule has 0 fully saturated rings. The van der Waals surface area contributed by atoms with Crippen LogP contribution in [0.1, 0.15) is 49.7 Å². The van der Waals surface area contributed by atoms with Gasteiger partial charge >= 0.3 is 0 Å². The molecule has 0 bridgehead atoms. The fraction of sp³-hybridized carbons (Fsp3) is 0.471. The highest BCUT2D eigenvalue weighted by molar-refractivity contribution is 5.84. The lowest BCUT2D eigenvalue weighted by molar-refractivity contribution is 0.444. The molecule has 2 aromatic rings. The number of rotatable bonds is 0. The molecule has 0 radical (unpaired) electrons. The number of aromatic hydroxyl groups is 1. The molecule has 1 heterocycles. The van der Waals surface area contributed by atoms with Gasteiger partial charge in [0.15, 0.2) is 0 Å². The summed E-state index contributed by atoms with van der Waals surface area (Å²) < 4.78 is 0. The summed E-state index contributed by atoms with van der Waals surface area (Å²) in [6.45, 7) is 0. The van der Waals surface area contributed by atoms with E-state index in [1.807, 2.05) is 12.1 Å². The van der Waals surface area contributed by atoms with Crippen molar-refractivity contribution in [3.63, 3.8) is 0 Å². The Hall–Kier alpha value is -1.57. The number of aromatic nitrogens is 1.